The highest BCUT2D eigenvalue weighted by molar-refractivity contribution is 6.30. The Balaban J connectivity index is 1.93. The Morgan fingerprint density at radius 2 is 2.04 bits per heavy atom. The van der Waals surface area contributed by atoms with Crippen molar-refractivity contribution < 1.29 is 9.90 Å². The molecule has 138 valence electrons. The number of aromatic hydroxyl groups is 1. The predicted molar refractivity (Wildman–Crippen MR) is 104 cm³/mol. The van der Waals surface area contributed by atoms with Crippen molar-refractivity contribution in [1.82, 2.24) is 15.2 Å². The van der Waals surface area contributed by atoms with Gasteiger partial charge in [0.2, 0.25) is 0 Å². The lowest BCUT2D eigenvalue weighted by molar-refractivity contribution is 0.0949. The number of hydrogen-bond acceptors (Lipinski definition) is 5. The summed E-state index contributed by atoms with van der Waals surface area (Å²) in [6.07, 6.45) is 1.99. The fourth-order valence-electron chi connectivity index (χ4n) is 2.61. The Hall–Kier alpha value is -3.19. The van der Waals surface area contributed by atoms with Crippen molar-refractivity contribution in [3.63, 3.8) is 0 Å². The van der Waals surface area contributed by atoms with E-state index in [1.54, 1.807) is 30.3 Å². The van der Waals surface area contributed by atoms with Gasteiger partial charge in [-0.15, -0.1) is 0 Å². The minimum atomic E-state index is -0.561. The quantitative estimate of drug-likeness (QED) is 0.522. The number of aromatic nitrogens is 2. The number of halogens is 1. The number of aryl methyl sites for hydroxylation is 1. The number of benzene rings is 2. The lowest BCUT2D eigenvalue weighted by atomic mass is 10.1. The highest BCUT2D eigenvalue weighted by Gasteiger charge is 2.16. The number of fused-ring (bicyclic) bond motifs is 1. The second-order valence-electron chi connectivity index (χ2n) is 5.82. The Morgan fingerprint density at radius 3 is 2.78 bits per heavy atom. The average Bonchev–Trinajstić information content (AvgIpc) is 2.67. The van der Waals surface area contributed by atoms with Crippen LogP contribution in [-0.2, 0) is 6.54 Å². The lowest BCUT2D eigenvalue weighted by Crippen LogP contribution is -2.29. The molecule has 8 heteroatoms. The van der Waals surface area contributed by atoms with Crippen molar-refractivity contribution in [2.75, 3.05) is 0 Å². The molecule has 3 rings (SSSR count). The summed E-state index contributed by atoms with van der Waals surface area (Å²) in [5.41, 5.74) is 2.59. The Labute approximate surface area is 159 Å². The standard InChI is InChI=1S/C19H17ClN4O3/c1-2-9-24-19(27)15-6-4-3-5-14(15)17(23-24)18(26)22-21-11-12-10-13(20)7-8-16(12)25/h3-8,10-11,25H,2,9H2,1H3,(H,22,26)/b21-11+. The van der Waals surface area contributed by atoms with Crippen molar-refractivity contribution in [3.05, 3.63) is 69.1 Å². The number of carbonyl (C=O) groups excluding carboxylic acids is 1. The number of carbonyl (C=O) groups is 1. The van der Waals surface area contributed by atoms with E-state index in [4.69, 9.17) is 11.6 Å². The van der Waals surface area contributed by atoms with Crippen LogP contribution in [0.2, 0.25) is 5.02 Å². The van der Waals surface area contributed by atoms with Crippen LogP contribution in [0.4, 0.5) is 0 Å². The highest BCUT2D eigenvalue weighted by atomic mass is 35.5. The summed E-state index contributed by atoms with van der Waals surface area (Å²) < 4.78 is 1.28. The topological polar surface area (TPSA) is 96.6 Å². The molecule has 1 amide bonds. The summed E-state index contributed by atoms with van der Waals surface area (Å²) in [6.45, 7) is 2.33. The molecular formula is C19H17ClN4O3. The van der Waals surface area contributed by atoms with E-state index >= 15 is 0 Å². The molecule has 0 saturated heterocycles. The van der Waals surface area contributed by atoms with Gasteiger partial charge in [-0.05, 0) is 30.7 Å². The molecule has 0 spiro atoms. The average molecular weight is 385 g/mol. The van der Waals surface area contributed by atoms with Crippen LogP contribution < -0.4 is 11.0 Å². The lowest BCUT2D eigenvalue weighted by Gasteiger charge is -2.09. The summed E-state index contributed by atoms with van der Waals surface area (Å²) in [7, 11) is 0. The molecule has 1 aromatic heterocycles. The van der Waals surface area contributed by atoms with Crippen LogP contribution in [0.1, 0.15) is 29.4 Å². The molecule has 7 nitrogen and oxygen atoms in total. The predicted octanol–water partition coefficient (Wildman–Crippen LogP) is 2.93. The maximum atomic E-state index is 12.6. The van der Waals surface area contributed by atoms with E-state index in [0.29, 0.717) is 34.3 Å². The summed E-state index contributed by atoms with van der Waals surface area (Å²) in [5.74, 6) is -0.578. The molecule has 2 aromatic carbocycles. The van der Waals surface area contributed by atoms with Crippen LogP contribution in [0.25, 0.3) is 10.8 Å². The third-order valence-corrected chi connectivity index (χ3v) is 4.11. The number of phenolic OH excluding ortho intramolecular Hbond substituents is 1. The SMILES string of the molecule is CCCn1nc(C(=O)N/N=C/c2cc(Cl)ccc2O)c2ccccc2c1=O. The van der Waals surface area contributed by atoms with Gasteiger partial charge < -0.3 is 5.11 Å². The normalized spacial score (nSPS) is 11.2. The van der Waals surface area contributed by atoms with Gasteiger partial charge in [0.1, 0.15) is 5.75 Å². The van der Waals surface area contributed by atoms with E-state index in [1.165, 1.54) is 23.0 Å². The molecule has 0 saturated carbocycles. The van der Waals surface area contributed by atoms with Gasteiger partial charge in [-0.3, -0.25) is 9.59 Å². The largest absolute Gasteiger partial charge is 0.507 e. The molecule has 3 aromatic rings. The summed E-state index contributed by atoms with van der Waals surface area (Å²) in [4.78, 5) is 25.0. The van der Waals surface area contributed by atoms with Gasteiger partial charge in [0.05, 0.1) is 11.6 Å². The molecule has 0 bridgehead atoms. The van der Waals surface area contributed by atoms with Crippen molar-refractivity contribution in [1.29, 1.82) is 0 Å². The van der Waals surface area contributed by atoms with Gasteiger partial charge in [-0.25, -0.2) is 10.1 Å². The van der Waals surface area contributed by atoms with Crippen molar-refractivity contribution >= 4 is 34.5 Å². The number of nitrogens with zero attached hydrogens (tertiary/aromatic N) is 3. The molecule has 0 aliphatic carbocycles. The first-order chi connectivity index (χ1) is 13.0. The second-order valence-corrected chi connectivity index (χ2v) is 6.26. The Bertz CT molecular complexity index is 1090. The molecule has 0 radical (unpaired) electrons. The van der Waals surface area contributed by atoms with Gasteiger partial charge in [0, 0.05) is 22.5 Å². The number of hydrogen-bond donors (Lipinski definition) is 2. The zero-order chi connectivity index (χ0) is 19.4. The molecule has 0 aliphatic rings. The van der Waals surface area contributed by atoms with E-state index in [0.717, 1.165) is 0 Å². The minimum absolute atomic E-state index is 0.0162. The van der Waals surface area contributed by atoms with Crippen molar-refractivity contribution in [3.8, 4) is 5.75 Å². The molecule has 0 aliphatic heterocycles. The third kappa shape index (κ3) is 3.98. The fraction of sp³-hybridized carbons (Fsp3) is 0.158. The van der Waals surface area contributed by atoms with E-state index in [-0.39, 0.29) is 17.0 Å². The number of rotatable bonds is 5. The van der Waals surface area contributed by atoms with Crippen LogP contribution in [0, 0.1) is 0 Å². The zero-order valence-electron chi connectivity index (χ0n) is 14.5. The van der Waals surface area contributed by atoms with Gasteiger partial charge in [0.15, 0.2) is 5.69 Å². The molecular weight excluding hydrogens is 368 g/mol. The van der Waals surface area contributed by atoms with E-state index in [2.05, 4.69) is 15.6 Å². The first kappa shape index (κ1) is 18.6. The van der Waals surface area contributed by atoms with Gasteiger partial charge in [-0.1, -0.05) is 36.7 Å². The maximum Gasteiger partial charge on any atom is 0.292 e. The molecule has 1 heterocycles. The minimum Gasteiger partial charge on any atom is -0.507 e. The number of hydrazone groups is 1. The first-order valence-corrected chi connectivity index (χ1v) is 8.71. The number of amides is 1. The van der Waals surface area contributed by atoms with E-state index in [1.807, 2.05) is 6.92 Å². The smallest absolute Gasteiger partial charge is 0.292 e. The molecule has 0 atom stereocenters. The van der Waals surface area contributed by atoms with Gasteiger partial charge in [-0.2, -0.15) is 10.2 Å². The molecule has 2 N–H and O–H groups in total. The molecule has 27 heavy (non-hydrogen) atoms. The molecule has 0 fully saturated rings. The van der Waals surface area contributed by atoms with Gasteiger partial charge >= 0.3 is 0 Å². The number of phenols is 1. The second kappa shape index (κ2) is 8.01. The highest BCUT2D eigenvalue weighted by Crippen LogP contribution is 2.19. The van der Waals surface area contributed by atoms with Crippen LogP contribution in [-0.4, -0.2) is 27.0 Å². The van der Waals surface area contributed by atoms with Gasteiger partial charge in [0.25, 0.3) is 11.5 Å². The first-order valence-electron chi connectivity index (χ1n) is 8.33. The maximum absolute atomic E-state index is 12.6. The summed E-state index contributed by atoms with van der Waals surface area (Å²) in [6, 6.07) is 11.3. The zero-order valence-corrected chi connectivity index (χ0v) is 15.3. The number of nitrogens with one attached hydrogen (secondary N) is 1. The fourth-order valence-corrected chi connectivity index (χ4v) is 2.79. The van der Waals surface area contributed by atoms with Crippen LogP contribution in [0.5, 0.6) is 5.75 Å². The summed E-state index contributed by atoms with van der Waals surface area (Å²) >= 11 is 5.88. The Kier molecular flexibility index (Phi) is 5.52. The van der Waals surface area contributed by atoms with E-state index < -0.39 is 5.91 Å². The van der Waals surface area contributed by atoms with Crippen LogP contribution in [0.15, 0.2) is 52.4 Å². The van der Waals surface area contributed by atoms with Crippen LogP contribution >= 0.6 is 11.6 Å². The van der Waals surface area contributed by atoms with Crippen LogP contribution in [0.3, 0.4) is 0 Å². The van der Waals surface area contributed by atoms with Crippen molar-refractivity contribution in [2.24, 2.45) is 5.10 Å². The van der Waals surface area contributed by atoms with Crippen molar-refractivity contribution in [2.45, 2.75) is 19.9 Å². The monoisotopic (exact) mass is 384 g/mol. The van der Waals surface area contributed by atoms with E-state index in [9.17, 15) is 14.7 Å². The third-order valence-electron chi connectivity index (χ3n) is 3.88. The molecule has 0 unspecified atom stereocenters. The Morgan fingerprint density at radius 1 is 1.30 bits per heavy atom. The summed E-state index contributed by atoms with van der Waals surface area (Å²) in [5, 5.41) is 19.1.